The van der Waals surface area contributed by atoms with Gasteiger partial charge in [0.15, 0.2) is 18.9 Å². The molecular formula is C21H26N2S+2. The predicted molar refractivity (Wildman–Crippen MR) is 101 cm³/mol. The zero-order chi connectivity index (χ0) is 17.5. The Hall–Kier alpha value is -2.00. The van der Waals surface area contributed by atoms with Gasteiger partial charge >= 0.3 is 0 Å². The van der Waals surface area contributed by atoms with Crippen LogP contribution in [0.1, 0.15) is 37.6 Å². The molecule has 0 N–H and O–H groups in total. The van der Waals surface area contributed by atoms with E-state index in [2.05, 4.69) is 98.2 Å². The predicted octanol–water partition coefficient (Wildman–Crippen LogP) is 4.43. The Morgan fingerprint density at radius 3 is 2.33 bits per heavy atom. The number of hydrogen-bond acceptors (Lipinski definition) is 1. The fraction of sp³-hybridized carbons (Fsp3) is 0.333. The first-order valence-corrected chi connectivity index (χ1v) is 9.20. The van der Waals surface area contributed by atoms with Gasteiger partial charge < -0.3 is 0 Å². The molecule has 0 spiro atoms. The fourth-order valence-electron chi connectivity index (χ4n) is 3.05. The SMILES string of the molecule is Cc1c(-c2ccs[n+]2C)cc(C(C)(C)C)cc1-[n+]1ccccc1C. The van der Waals surface area contributed by atoms with E-state index in [1.165, 1.54) is 33.8 Å². The molecule has 2 aromatic heterocycles. The highest BCUT2D eigenvalue weighted by Crippen LogP contribution is 2.32. The Morgan fingerprint density at radius 1 is 1.00 bits per heavy atom. The molecule has 0 atom stereocenters. The maximum absolute atomic E-state index is 2.36. The highest BCUT2D eigenvalue weighted by Gasteiger charge is 2.26. The van der Waals surface area contributed by atoms with Crippen molar-refractivity contribution in [2.24, 2.45) is 7.05 Å². The van der Waals surface area contributed by atoms with E-state index in [0.717, 1.165) is 0 Å². The van der Waals surface area contributed by atoms with Crippen LogP contribution in [0.3, 0.4) is 0 Å². The fourth-order valence-corrected chi connectivity index (χ4v) is 3.70. The molecule has 124 valence electrons. The first-order valence-electron chi connectivity index (χ1n) is 8.36. The van der Waals surface area contributed by atoms with Crippen LogP contribution in [-0.4, -0.2) is 0 Å². The van der Waals surface area contributed by atoms with Crippen LogP contribution in [0.25, 0.3) is 16.9 Å². The summed E-state index contributed by atoms with van der Waals surface area (Å²) < 4.78 is 4.53. The normalized spacial score (nSPS) is 11.8. The molecule has 0 aliphatic heterocycles. The smallest absolute Gasteiger partial charge is 0.164 e. The maximum atomic E-state index is 2.36. The van der Waals surface area contributed by atoms with Crippen LogP contribution >= 0.6 is 11.5 Å². The Bertz CT molecular complexity index is 885. The minimum absolute atomic E-state index is 0.106. The van der Waals surface area contributed by atoms with Crippen molar-refractivity contribution in [3.63, 3.8) is 0 Å². The van der Waals surface area contributed by atoms with Gasteiger partial charge in [-0.25, -0.2) is 0 Å². The molecule has 3 heteroatoms. The minimum atomic E-state index is 0.106. The monoisotopic (exact) mass is 338 g/mol. The van der Waals surface area contributed by atoms with E-state index in [0.29, 0.717) is 0 Å². The van der Waals surface area contributed by atoms with Crippen molar-refractivity contribution in [2.75, 3.05) is 0 Å². The third kappa shape index (κ3) is 3.01. The van der Waals surface area contributed by atoms with Crippen molar-refractivity contribution < 1.29 is 8.52 Å². The number of pyridine rings is 1. The van der Waals surface area contributed by atoms with Gasteiger partial charge in [-0.15, -0.1) is 3.96 Å². The number of benzene rings is 1. The van der Waals surface area contributed by atoms with E-state index >= 15 is 0 Å². The second-order valence-electron chi connectivity index (χ2n) is 7.42. The molecule has 24 heavy (non-hydrogen) atoms. The average molecular weight is 339 g/mol. The summed E-state index contributed by atoms with van der Waals surface area (Å²) in [6, 6.07) is 13.3. The standard InChI is InChI=1S/C21H26N2S/c1-15-9-7-8-11-23(15)20-14-17(21(3,4)5)13-18(16(20)2)19-10-12-24-22(19)6/h7-14H,1-6H3/q+2. The number of aromatic nitrogens is 2. The Morgan fingerprint density at radius 2 is 1.75 bits per heavy atom. The third-order valence-corrected chi connectivity index (χ3v) is 5.40. The van der Waals surface area contributed by atoms with Crippen LogP contribution in [0.2, 0.25) is 0 Å². The molecule has 3 rings (SSSR count). The van der Waals surface area contributed by atoms with Crippen LogP contribution in [0.4, 0.5) is 0 Å². The Labute approximate surface area is 149 Å². The molecule has 2 heterocycles. The largest absolute Gasteiger partial charge is 0.227 e. The van der Waals surface area contributed by atoms with E-state index in [4.69, 9.17) is 0 Å². The summed E-state index contributed by atoms with van der Waals surface area (Å²) in [6.45, 7) is 11.2. The Kier molecular flexibility index (Phi) is 4.31. The number of nitrogens with zero attached hydrogens (tertiary/aromatic N) is 2. The highest BCUT2D eigenvalue weighted by molar-refractivity contribution is 6.99. The van der Waals surface area contributed by atoms with Gasteiger partial charge in [0.2, 0.25) is 11.4 Å². The summed E-state index contributed by atoms with van der Waals surface area (Å²) in [4.78, 5) is 0. The van der Waals surface area contributed by atoms with Crippen molar-refractivity contribution in [2.45, 2.75) is 40.0 Å². The second-order valence-corrected chi connectivity index (χ2v) is 8.45. The second kappa shape index (κ2) is 6.14. The summed E-state index contributed by atoms with van der Waals surface area (Å²) in [7, 11) is 2.13. The lowest BCUT2D eigenvalue weighted by Gasteiger charge is -2.21. The van der Waals surface area contributed by atoms with Crippen LogP contribution in [0.5, 0.6) is 0 Å². The van der Waals surface area contributed by atoms with E-state index < -0.39 is 0 Å². The van der Waals surface area contributed by atoms with Crippen molar-refractivity contribution in [3.05, 3.63) is 64.8 Å². The van der Waals surface area contributed by atoms with Crippen LogP contribution in [0.15, 0.2) is 48.0 Å². The molecule has 0 amide bonds. The molecule has 3 aromatic rings. The van der Waals surface area contributed by atoms with Gasteiger partial charge in [0.05, 0.1) is 10.9 Å². The van der Waals surface area contributed by atoms with Gasteiger partial charge in [0, 0.05) is 36.8 Å². The maximum Gasteiger partial charge on any atom is 0.227 e. The summed E-state index contributed by atoms with van der Waals surface area (Å²) in [6.07, 6.45) is 2.15. The summed E-state index contributed by atoms with van der Waals surface area (Å²) >= 11 is 1.74. The lowest BCUT2D eigenvalue weighted by molar-refractivity contribution is -0.603. The van der Waals surface area contributed by atoms with Crippen molar-refractivity contribution in [1.29, 1.82) is 0 Å². The van der Waals surface area contributed by atoms with Crippen molar-refractivity contribution in [3.8, 4) is 16.9 Å². The number of aryl methyl sites for hydroxylation is 2. The van der Waals surface area contributed by atoms with Gasteiger partial charge in [-0.1, -0.05) is 26.8 Å². The van der Waals surface area contributed by atoms with Gasteiger partial charge in [-0.3, -0.25) is 0 Å². The van der Waals surface area contributed by atoms with Gasteiger partial charge in [0.25, 0.3) is 0 Å². The van der Waals surface area contributed by atoms with E-state index in [9.17, 15) is 0 Å². The third-order valence-electron chi connectivity index (χ3n) is 4.63. The Balaban J connectivity index is 2.34. The summed E-state index contributed by atoms with van der Waals surface area (Å²) in [5.41, 5.74) is 7.89. The van der Waals surface area contributed by atoms with Crippen LogP contribution in [0, 0.1) is 13.8 Å². The summed E-state index contributed by atoms with van der Waals surface area (Å²) in [5, 5.41) is 2.15. The highest BCUT2D eigenvalue weighted by atomic mass is 32.1. The van der Waals surface area contributed by atoms with E-state index in [1.807, 2.05) is 0 Å². The van der Waals surface area contributed by atoms with E-state index in [1.54, 1.807) is 11.5 Å². The molecule has 2 nitrogen and oxygen atoms in total. The lowest BCUT2D eigenvalue weighted by atomic mass is 9.84. The van der Waals surface area contributed by atoms with Crippen LogP contribution < -0.4 is 8.52 Å². The lowest BCUT2D eigenvalue weighted by Crippen LogP contribution is -2.35. The molecule has 0 aliphatic rings. The van der Waals surface area contributed by atoms with E-state index in [-0.39, 0.29) is 5.41 Å². The van der Waals surface area contributed by atoms with Gasteiger partial charge in [0.1, 0.15) is 11.5 Å². The quantitative estimate of drug-likeness (QED) is 0.611. The summed E-state index contributed by atoms with van der Waals surface area (Å²) in [5.74, 6) is 0. The van der Waals surface area contributed by atoms with Gasteiger partial charge in [-0.2, -0.15) is 4.57 Å². The van der Waals surface area contributed by atoms with Crippen molar-refractivity contribution in [1.82, 2.24) is 0 Å². The first-order chi connectivity index (χ1) is 11.3. The molecule has 0 unspecified atom stereocenters. The molecule has 0 saturated heterocycles. The average Bonchev–Trinajstić information content (AvgIpc) is 2.93. The van der Waals surface area contributed by atoms with Crippen molar-refractivity contribution >= 4 is 11.5 Å². The molecule has 0 saturated carbocycles. The molecule has 0 radical (unpaired) electrons. The zero-order valence-electron chi connectivity index (χ0n) is 15.4. The zero-order valence-corrected chi connectivity index (χ0v) is 16.2. The molecule has 0 fully saturated rings. The number of rotatable bonds is 2. The minimum Gasteiger partial charge on any atom is -0.164 e. The first kappa shape index (κ1) is 16.8. The number of hydrogen-bond donors (Lipinski definition) is 0. The molecule has 0 bridgehead atoms. The molecule has 0 aliphatic carbocycles. The van der Waals surface area contributed by atoms with Crippen LogP contribution in [-0.2, 0) is 12.5 Å². The molecule has 1 aromatic carbocycles. The van der Waals surface area contributed by atoms with Gasteiger partial charge in [-0.05, 0) is 24.0 Å². The molecular weight excluding hydrogens is 312 g/mol. The topological polar surface area (TPSA) is 7.76 Å².